The van der Waals surface area contributed by atoms with Crippen LogP contribution in [-0.2, 0) is 28.6 Å². The van der Waals surface area contributed by atoms with Crippen LogP contribution >= 0.6 is 0 Å². The Bertz CT molecular complexity index is 1080. The van der Waals surface area contributed by atoms with E-state index < -0.39 is 22.9 Å². The van der Waals surface area contributed by atoms with Crippen LogP contribution in [0.2, 0.25) is 0 Å². The van der Waals surface area contributed by atoms with Gasteiger partial charge in [0.15, 0.2) is 4.90 Å². The molecule has 0 aliphatic carbocycles. The van der Waals surface area contributed by atoms with Crippen molar-refractivity contribution in [1.82, 2.24) is 25.2 Å². The van der Waals surface area contributed by atoms with E-state index in [1.807, 2.05) is 0 Å². The van der Waals surface area contributed by atoms with Gasteiger partial charge in [0.25, 0.3) is 0 Å². The number of aromatic amines is 1. The molecule has 1 atom stereocenters. The van der Waals surface area contributed by atoms with Gasteiger partial charge in [-0.15, -0.1) is 5.10 Å². The molecule has 176 valence electrons. The average molecular weight is 480 g/mol. The van der Waals surface area contributed by atoms with Crippen molar-refractivity contribution in [1.29, 1.82) is 0 Å². The van der Waals surface area contributed by atoms with E-state index in [1.54, 1.807) is 23.1 Å². The van der Waals surface area contributed by atoms with Crippen molar-refractivity contribution in [3.8, 4) is 0 Å². The van der Waals surface area contributed by atoms with E-state index in [-0.39, 0.29) is 12.3 Å². The zero-order valence-corrected chi connectivity index (χ0v) is 18.7. The Morgan fingerprint density at radius 3 is 2.52 bits per heavy atom. The lowest BCUT2D eigenvalue weighted by Crippen LogP contribution is -2.49. The average Bonchev–Trinajstić information content (AvgIpc) is 3.29. The van der Waals surface area contributed by atoms with Crippen molar-refractivity contribution in [2.75, 3.05) is 38.5 Å². The molecule has 0 saturated carbocycles. The fourth-order valence-electron chi connectivity index (χ4n) is 3.79. The van der Waals surface area contributed by atoms with E-state index in [4.69, 9.17) is 0 Å². The SMILES string of the molecule is O=C(CCc1ccc(C(F)(F)F)cc1)N1CCN(CC[S@@+]([O-])c2ccc3nn[nH]c3c2)CC1. The van der Waals surface area contributed by atoms with Crippen molar-refractivity contribution < 1.29 is 22.5 Å². The highest BCUT2D eigenvalue weighted by atomic mass is 32.2. The smallest absolute Gasteiger partial charge is 0.416 e. The van der Waals surface area contributed by atoms with Crippen LogP contribution < -0.4 is 0 Å². The van der Waals surface area contributed by atoms with E-state index >= 15 is 0 Å². The minimum absolute atomic E-state index is 0.000376. The zero-order chi connectivity index (χ0) is 23.4. The van der Waals surface area contributed by atoms with Gasteiger partial charge in [0, 0.05) is 45.2 Å². The molecule has 0 unspecified atom stereocenters. The summed E-state index contributed by atoms with van der Waals surface area (Å²) in [5, 5.41) is 10.4. The quantitative estimate of drug-likeness (QED) is 0.527. The third-order valence-electron chi connectivity index (χ3n) is 5.79. The number of amides is 1. The molecule has 1 aliphatic heterocycles. The molecule has 7 nitrogen and oxygen atoms in total. The number of hydrogen-bond acceptors (Lipinski definition) is 5. The molecule has 11 heteroatoms. The summed E-state index contributed by atoms with van der Waals surface area (Å²) in [6.45, 7) is 3.24. The third kappa shape index (κ3) is 6.04. The molecule has 2 heterocycles. The number of fused-ring (bicyclic) bond motifs is 1. The Morgan fingerprint density at radius 1 is 1.09 bits per heavy atom. The van der Waals surface area contributed by atoms with Crippen molar-refractivity contribution in [2.24, 2.45) is 0 Å². The van der Waals surface area contributed by atoms with Gasteiger partial charge in [-0.2, -0.15) is 13.2 Å². The van der Waals surface area contributed by atoms with Crippen LogP contribution in [0.15, 0.2) is 47.4 Å². The van der Waals surface area contributed by atoms with Crippen LogP contribution in [0.25, 0.3) is 11.0 Å². The van der Waals surface area contributed by atoms with Crippen LogP contribution in [0.5, 0.6) is 0 Å². The first-order valence-electron chi connectivity index (χ1n) is 10.6. The number of halogens is 3. The molecule has 3 aromatic rings. The summed E-state index contributed by atoms with van der Waals surface area (Å²) in [5.41, 5.74) is 1.51. The van der Waals surface area contributed by atoms with Gasteiger partial charge in [0.2, 0.25) is 5.91 Å². The minimum atomic E-state index is -4.36. The Balaban J connectivity index is 1.18. The second-order valence-electron chi connectivity index (χ2n) is 7.96. The van der Waals surface area contributed by atoms with Crippen molar-refractivity contribution in [2.45, 2.75) is 23.9 Å². The van der Waals surface area contributed by atoms with Gasteiger partial charge in [0.05, 0.1) is 11.1 Å². The molecular weight excluding hydrogens is 455 g/mol. The number of H-pyrrole nitrogens is 1. The number of aryl methyl sites for hydroxylation is 1. The van der Waals surface area contributed by atoms with E-state index in [0.29, 0.717) is 50.5 Å². The number of benzene rings is 2. The molecule has 1 amide bonds. The normalized spacial score (nSPS) is 16.3. The van der Waals surface area contributed by atoms with E-state index in [9.17, 15) is 22.5 Å². The lowest BCUT2D eigenvalue weighted by Gasteiger charge is -2.34. The number of alkyl halides is 3. The fraction of sp³-hybridized carbons (Fsp3) is 0.409. The van der Waals surface area contributed by atoms with Gasteiger partial charge in [-0.25, -0.2) is 0 Å². The predicted octanol–water partition coefficient (Wildman–Crippen LogP) is 2.86. The molecular formula is C22H24F3N5O2S. The number of hydrogen-bond donors (Lipinski definition) is 1. The van der Waals surface area contributed by atoms with E-state index in [0.717, 1.165) is 28.1 Å². The Morgan fingerprint density at radius 2 is 1.82 bits per heavy atom. The molecule has 1 aromatic heterocycles. The Kier molecular flexibility index (Phi) is 7.20. The van der Waals surface area contributed by atoms with Crippen LogP contribution in [0.1, 0.15) is 17.5 Å². The maximum Gasteiger partial charge on any atom is 0.416 e. The number of piperazine rings is 1. The molecule has 2 aromatic carbocycles. The highest BCUT2D eigenvalue weighted by molar-refractivity contribution is 7.91. The minimum Gasteiger partial charge on any atom is -0.611 e. The van der Waals surface area contributed by atoms with Gasteiger partial charge < -0.3 is 9.45 Å². The summed E-state index contributed by atoms with van der Waals surface area (Å²) in [6, 6.07) is 10.3. The number of nitrogens with zero attached hydrogens (tertiary/aromatic N) is 4. The summed E-state index contributed by atoms with van der Waals surface area (Å²) in [7, 11) is 0. The van der Waals surface area contributed by atoms with Gasteiger partial charge >= 0.3 is 6.18 Å². The molecule has 1 aliphatic rings. The first kappa shape index (κ1) is 23.5. The summed E-state index contributed by atoms with van der Waals surface area (Å²) in [4.78, 5) is 17.2. The van der Waals surface area contributed by atoms with Gasteiger partial charge in [-0.05, 0) is 47.4 Å². The molecule has 4 rings (SSSR count). The molecule has 1 fully saturated rings. The first-order chi connectivity index (χ1) is 15.8. The first-order valence-corrected chi connectivity index (χ1v) is 12.0. The summed E-state index contributed by atoms with van der Waals surface area (Å²) < 4.78 is 50.6. The predicted molar refractivity (Wildman–Crippen MR) is 118 cm³/mol. The van der Waals surface area contributed by atoms with Gasteiger partial charge in [-0.1, -0.05) is 17.3 Å². The van der Waals surface area contributed by atoms with Crippen molar-refractivity contribution in [3.05, 3.63) is 53.6 Å². The van der Waals surface area contributed by atoms with Crippen LogP contribution in [0.3, 0.4) is 0 Å². The van der Waals surface area contributed by atoms with Crippen LogP contribution in [0, 0.1) is 0 Å². The molecule has 0 bridgehead atoms. The largest absolute Gasteiger partial charge is 0.611 e. The van der Waals surface area contributed by atoms with Gasteiger partial charge in [0.1, 0.15) is 11.3 Å². The highest BCUT2D eigenvalue weighted by Crippen LogP contribution is 2.29. The fourth-order valence-corrected chi connectivity index (χ4v) is 4.92. The molecule has 33 heavy (non-hydrogen) atoms. The number of aromatic nitrogens is 3. The maximum atomic E-state index is 12.7. The van der Waals surface area contributed by atoms with E-state index in [2.05, 4.69) is 20.3 Å². The Hall–Kier alpha value is -2.63. The van der Waals surface area contributed by atoms with Crippen molar-refractivity contribution >= 4 is 28.1 Å². The number of carbonyl (C=O) groups is 1. The maximum absolute atomic E-state index is 12.7. The number of carbonyl (C=O) groups excluding carboxylic acids is 1. The molecule has 0 spiro atoms. The van der Waals surface area contributed by atoms with Crippen LogP contribution in [-0.4, -0.2) is 74.1 Å². The van der Waals surface area contributed by atoms with Gasteiger partial charge in [-0.3, -0.25) is 14.8 Å². The van der Waals surface area contributed by atoms with Crippen molar-refractivity contribution in [3.63, 3.8) is 0 Å². The molecule has 1 saturated heterocycles. The molecule has 0 radical (unpaired) electrons. The second-order valence-corrected chi connectivity index (χ2v) is 9.53. The lowest BCUT2D eigenvalue weighted by atomic mass is 10.1. The van der Waals surface area contributed by atoms with E-state index in [1.165, 1.54) is 12.1 Å². The number of rotatable bonds is 7. The molecule has 1 N–H and O–H groups in total. The summed E-state index contributed by atoms with van der Waals surface area (Å²) in [5.74, 6) is 0.495. The number of nitrogens with one attached hydrogen (secondary N) is 1. The zero-order valence-electron chi connectivity index (χ0n) is 17.8. The monoisotopic (exact) mass is 479 g/mol. The topological polar surface area (TPSA) is 88.2 Å². The Labute approximate surface area is 192 Å². The lowest BCUT2D eigenvalue weighted by molar-refractivity contribution is -0.137. The summed E-state index contributed by atoms with van der Waals surface area (Å²) >= 11 is -1.14. The summed E-state index contributed by atoms with van der Waals surface area (Å²) in [6.07, 6.45) is -3.68. The second kappa shape index (κ2) is 10.1. The van der Waals surface area contributed by atoms with Crippen LogP contribution in [0.4, 0.5) is 13.2 Å². The third-order valence-corrected chi connectivity index (χ3v) is 7.12. The standard InChI is InChI=1S/C22H24F3N5O2S/c23-22(24,25)17-4-1-16(2-5-17)3-8-21(31)30-11-9-29(10-12-30)13-14-33(32)18-6-7-19-20(15-18)27-28-26-19/h1-2,4-7,15H,3,8-14H2,(H,26,27,28)/t33-/m1/s1. The highest BCUT2D eigenvalue weighted by Gasteiger charge is 2.30.